The smallest absolute Gasteiger partial charge is 0.272 e. The second kappa shape index (κ2) is 11.7. The molecule has 1 aliphatic rings. The van der Waals surface area contributed by atoms with Gasteiger partial charge in [0.2, 0.25) is 11.8 Å². The fourth-order valence-electron chi connectivity index (χ4n) is 5.09. The Balaban J connectivity index is 1.18. The number of piperazine rings is 1. The molecule has 0 saturated carbocycles. The van der Waals surface area contributed by atoms with Gasteiger partial charge in [-0.05, 0) is 67.1 Å². The quantitative estimate of drug-likeness (QED) is 0.300. The molecule has 0 spiro atoms. The highest BCUT2D eigenvalue weighted by Crippen LogP contribution is 2.29. The highest BCUT2D eigenvalue weighted by atomic mass is 19.1. The number of aromatic nitrogens is 6. The summed E-state index contributed by atoms with van der Waals surface area (Å²) < 4.78 is 19.6. The van der Waals surface area contributed by atoms with Crippen LogP contribution in [0.25, 0.3) is 22.6 Å². The van der Waals surface area contributed by atoms with Gasteiger partial charge in [-0.25, -0.2) is 9.37 Å². The van der Waals surface area contributed by atoms with Gasteiger partial charge in [0.25, 0.3) is 5.91 Å². The maximum atomic E-state index is 13.7. The molecule has 2 aromatic carbocycles. The van der Waals surface area contributed by atoms with Crippen LogP contribution in [0, 0.1) is 5.82 Å². The van der Waals surface area contributed by atoms with E-state index < -0.39 is 0 Å². The fourth-order valence-corrected chi connectivity index (χ4v) is 5.09. The van der Waals surface area contributed by atoms with Gasteiger partial charge in [0.05, 0.1) is 12.1 Å². The van der Waals surface area contributed by atoms with Gasteiger partial charge < -0.3 is 14.6 Å². The molecule has 220 valence electrons. The second-order valence-corrected chi connectivity index (χ2v) is 10.7. The summed E-state index contributed by atoms with van der Waals surface area (Å²) in [4.78, 5) is 39.3. The van der Waals surface area contributed by atoms with Gasteiger partial charge in [0.15, 0.2) is 11.4 Å². The van der Waals surface area contributed by atoms with E-state index in [9.17, 15) is 14.0 Å². The van der Waals surface area contributed by atoms with Crippen LogP contribution in [-0.4, -0.2) is 78.0 Å². The molecule has 1 N–H and O–H groups in total. The number of carbonyl (C=O) groups is 2. The maximum Gasteiger partial charge on any atom is 0.272 e. The molecule has 1 fully saturated rings. The number of pyridine rings is 1. The molecule has 0 bridgehead atoms. The molecule has 2 amide bonds. The molecule has 1 saturated heterocycles. The molecule has 1 unspecified atom stereocenters. The molecule has 0 radical (unpaired) electrons. The van der Waals surface area contributed by atoms with Crippen molar-refractivity contribution in [2.75, 3.05) is 31.5 Å². The normalized spacial score (nSPS) is 14.8. The summed E-state index contributed by atoms with van der Waals surface area (Å²) in [5.41, 5.74) is 3.51. The number of oxazole rings is 1. The number of hydrogen-bond acceptors (Lipinski definition) is 9. The van der Waals surface area contributed by atoms with E-state index in [0.717, 1.165) is 5.56 Å². The first kappa shape index (κ1) is 28.1. The summed E-state index contributed by atoms with van der Waals surface area (Å²) in [7, 11) is 0. The van der Waals surface area contributed by atoms with Gasteiger partial charge in [-0.15, -0.1) is 10.2 Å². The number of hydrogen-bond donors (Lipinski definition) is 1. The number of carbonyl (C=O) groups excluding carboxylic acids is 2. The summed E-state index contributed by atoms with van der Waals surface area (Å²) in [5, 5.41) is 15.8. The lowest BCUT2D eigenvalue weighted by Gasteiger charge is -2.38. The topological polar surface area (TPSA) is 135 Å². The fraction of sp³-hybridized carbons (Fsp3) is 0.300. The van der Waals surface area contributed by atoms with Gasteiger partial charge in [-0.2, -0.15) is 4.80 Å². The first-order valence-electron chi connectivity index (χ1n) is 14.0. The van der Waals surface area contributed by atoms with Crippen LogP contribution in [0.4, 0.5) is 10.1 Å². The minimum atomic E-state index is -0.336. The summed E-state index contributed by atoms with van der Waals surface area (Å²) in [6.07, 6.45) is 1.56. The molecule has 13 heteroatoms. The maximum absolute atomic E-state index is 13.7. The number of anilines is 1. The van der Waals surface area contributed by atoms with Crippen molar-refractivity contribution in [3.63, 3.8) is 0 Å². The van der Waals surface area contributed by atoms with Crippen LogP contribution >= 0.6 is 0 Å². The standard InChI is InChI=1S/C30H30FN9O3/c1-18(2)40-36-28(35-37-40)27(20-4-6-22(31)7-5-20)38-12-14-39(15-13-38)30(42)25-16-21(10-11-32-25)29-34-24-17-23(33-19(3)41)8-9-26(24)43-29/h4-11,16-18,27H,12-15H2,1-3H3,(H,33,41). The van der Waals surface area contributed by atoms with E-state index in [1.165, 1.54) is 19.1 Å². The molecule has 43 heavy (non-hydrogen) atoms. The van der Waals surface area contributed by atoms with E-state index in [1.807, 2.05) is 13.8 Å². The van der Waals surface area contributed by atoms with E-state index in [0.29, 0.717) is 60.2 Å². The van der Waals surface area contributed by atoms with E-state index in [1.54, 1.807) is 58.4 Å². The van der Waals surface area contributed by atoms with Crippen LogP contribution < -0.4 is 5.32 Å². The first-order valence-corrected chi connectivity index (χ1v) is 14.0. The number of tetrazole rings is 1. The molecular weight excluding hydrogens is 553 g/mol. The Hall–Kier alpha value is -5.04. The van der Waals surface area contributed by atoms with Crippen molar-refractivity contribution in [2.24, 2.45) is 0 Å². The molecule has 4 heterocycles. The monoisotopic (exact) mass is 583 g/mol. The van der Waals surface area contributed by atoms with Crippen molar-refractivity contribution >= 4 is 28.6 Å². The lowest BCUT2D eigenvalue weighted by Crippen LogP contribution is -2.50. The van der Waals surface area contributed by atoms with Crippen LogP contribution in [0.5, 0.6) is 0 Å². The minimum absolute atomic E-state index is 0.0452. The zero-order chi connectivity index (χ0) is 30.1. The average Bonchev–Trinajstić information content (AvgIpc) is 3.66. The second-order valence-electron chi connectivity index (χ2n) is 10.7. The summed E-state index contributed by atoms with van der Waals surface area (Å²) in [6, 6.07) is 14.6. The average molecular weight is 584 g/mol. The third-order valence-corrected chi connectivity index (χ3v) is 7.24. The number of rotatable bonds is 7. The van der Waals surface area contributed by atoms with Crippen molar-refractivity contribution in [3.05, 3.63) is 83.7 Å². The third-order valence-electron chi connectivity index (χ3n) is 7.24. The molecule has 6 rings (SSSR count). The Morgan fingerprint density at radius 1 is 1.00 bits per heavy atom. The Bertz CT molecular complexity index is 1780. The van der Waals surface area contributed by atoms with E-state index in [2.05, 4.69) is 35.6 Å². The van der Waals surface area contributed by atoms with Crippen LogP contribution in [0.15, 0.2) is 65.2 Å². The van der Waals surface area contributed by atoms with Gasteiger partial charge in [0.1, 0.15) is 17.0 Å². The Morgan fingerprint density at radius 2 is 1.77 bits per heavy atom. The summed E-state index contributed by atoms with van der Waals surface area (Å²) in [6.45, 7) is 7.39. The SMILES string of the molecule is CC(=O)Nc1ccc2oc(-c3ccnc(C(=O)N4CCN(C(c5ccc(F)cc5)c5nnn(C(C)C)n5)CC4)c3)nc2c1. The number of halogens is 1. The van der Waals surface area contributed by atoms with Crippen LogP contribution in [-0.2, 0) is 4.79 Å². The van der Waals surface area contributed by atoms with Crippen molar-refractivity contribution in [3.8, 4) is 11.5 Å². The Kier molecular flexibility index (Phi) is 7.63. The predicted octanol–water partition coefficient (Wildman–Crippen LogP) is 4.10. The number of nitrogens with zero attached hydrogens (tertiary/aromatic N) is 8. The largest absolute Gasteiger partial charge is 0.436 e. The number of nitrogens with one attached hydrogen (secondary N) is 1. The number of benzene rings is 2. The van der Waals surface area contributed by atoms with Crippen LogP contribution in [0.1, 0.15) is 54.7 Å². The van der Waals surface area contributed by atoms with Gasteiger partial charge in [-0.3, -0.25) is 19.5 Å². The van der Waals surface area contributed by atoms with Crippen molar-refractivity contribution < 1.29 is 18.4 Å². The lowest BCUT2D eigenvalue weighted by molar-refractivity contribution is -0.114. The van der Waals surface area contributed by atoms with Crippen molar-refractivity contribution in [2.45, 2.75) is 32.9 Å². The Labute approximate surface area is 246 Å². The number of fused-ring (bicyclic) bond motifs is 1. The zero-order valence-corrected chi connectivity index (χ0v) is 23.9. The first-order chi connectivity index (χ1) is 20.7. The number of amides is 2. The third kappa shape index (κ3) is 5.97. The van der Waals surface area contributed by atoms with Crippen LogP contribution in [0.2, 0.25) is 0 Å². The van der Waals surface area contributed by atoms with Crippen molar-refractivity contribution in [1.29, 1.82) is 0 Å². The van der Waals surface area contributed by atoms with Crippen LogP contribution in [0.3, 0.4) is 0 Å². The lowest BCUT2D eigenvalue weighted by atomic mass is 10.0. The molecule has 3 aromatic heterocycles. The van der Waals surface area contributed by atoms with Crippen molar-refractivity contribution in [1.82, 2.24) is 40.0 Å². The molecule has 12 nitrogen and oxygen atoms in total. The van der Waals surface area contributed by atoms with E-state index >= 15 is 0 Å². The highest BCUT2D eigenvalue weighted by molar-refractivity contribution is 5.94. The molecular formula is C30H30FN9O3. The Morgan fingerprint density at radius 3 is 2.47 bits per heavy atom. The summed E-state index contributed by atoms with van der Waals surface area (Å²) in [5.74, 6) is 0.173. The highest BCUT2D eigenvalue weighted by Gasteiger charge is 2.32. The van der Waals surface area contributed by atoms with Gasteiger partial charge in [0, 0.05) is 50.6 Å². The van der Waals surface area contributed by atoms with Gasteiger partial charge in [-0.1, -0.05) is 12.1 Å². The van der Waals surface area contributed by atoms with Gasteiger partial charge >= 0.3 is 0 Å². The summed E-state index contributed by atoms with van der Waals surface area (Å²) >= 11 is 0. The molecule has 1 aliphatic heterocycles. The zero-order valence-electron chi connectivity index (χ0n) is 23.9. The minimum Gasteiger partial charge on any atom is -0.436 e. The molecule has 5 aromatic rings. The molecule has 0 aliphatic carbocycles. The predicted molar refractivity (Wildman–Crippen MR) is 155 cm³/mol. The van der Waals surface area contributed by atoms with E-state index in [4.69, 9.17) is 4.42 Å². The molecule has 1 atom stereocenters. The van der Waals surface area contributed by atoms with E-state index in [-0.39, 0.29) is 35.4 Å².